The lowest BCUT2D eigenvalue weighted by Crippen LogP contribution is -2.53. The average molecular weight is 287 g/mol. The fourth-order valence-electron chi connectivity index (χ4n) is 2.71. The molecule has 0 amide bonds. The molecule has 0 saturated carbocycles. The molecule has 0 atom stereocenters. The van der Waals surface area contributed by atoms with Crippen LogP contribution in [0.3, 0.4) is 0 Å². The van der Waals surface area contributed by atoms with Gasteiger partial charge in [-0.05, 0) is 64.8 Å². The van der Waals surface area contributed by atoms with Crippen LogP contribution in [0.2, 0.25) is 0 Å². The van der Waals surface area contributed by atoms with Crippen LogP contribution in [0.1, 0.15) is 52.7 Å². The van der Waals surface area contributed by atoms with Crippen LogP contribution in [0.25, 0.3) is 5.57 Å². The van der Waals surface area contributed by atoms with Crippen LogP contribution in [-0.2, 0) is 0 Å². The lowest BCUT2D eigenvalue weighted by Gasteiger charge is -2.31. The SMILES string of the molecule is C/C=C(/C)c1ccc(C2=[N+](C)C(C)(C)C(C)(C)N2O)cc1. The molecule has 1 aromatic rings. The molecule has 0 aromatic heterocycles. The van der Waals surface area contributed by atoms with Crippen molar-refractivity contribution in [3.63, 3.8) is 0 Å². The molecule has 0 unspecified atom stereocenters. The van der Waals surface area contributed by atoms with Gasteiger partial charge in [0.25, 0.3) is 0 Å². The number of amidine groups is 1. The Balaban J connectivity index is 2.50. The highest BCUT2D eigenvalue weighted by Crippen LogP contribution is 2.36. The van der Waals surface area contributed by atoms with Crippen LogP contribution >= 0.6 is 0 Å². The molecule has 3 nitrogen and oxygen atoms in total. The number of benzene rings is 1. The molecular weight excluding hydrogens is 260 g/mol. The van der Waals surface area contributed by atoms with Crippen LogP contribution in [0.15, 0.2) is 30.3 Å². The normalized spacial score (nSPS) is 21.1. The van der Waals surface area contributed by atoms with Crippen LogP contribution in [0.5, 0.6) is 0 Å². The molecule has 1 aliphatic heterocycles. The van der Waals surface area contributed by atoms with Crippen molar-refractivity contribution in [2.24, 2.45) is 0 Å². The minimum atomic E-state index is -0.352. The summed E-state index contributed by atoms with van der Waals surface area (Å²) in [6.45, 7) is 12.6. The third kappa shape index (κ3) is 2.20. The van der Waals surface area contributed by atoms with E-state index in [1.54, 1.807) is 0 Å². The summed E-state index contributed by atoms with van der Waals surface area (Å²) in [5.41, 5.74) is 2.99. The fourth-order valence-corrected chi connectivity index (χ4v) is 2.71. The van der Waals surface area contributed by atoms with Gasteiger partial charge in [0.2, 0.25) is 0 Å². The van der Waals surface area contributed by atoms with E-state index in [0.717, 1.165) is 11.4 Å². The second kappa shape index (κ2) is 4.99. The van der Waals surface area contributed by atoms with Crippen molar-refractivity contribution in [1.82, 2.24) is 5.06 Å². The van der Waals surface area contributed by atoms with E-state index >= 15 is 0 Å². The van der Waals surface area contributed by atoms with Crippen molar-refractivity contribution in [2.45, 2.75) is 52.6 Å². The van der Waals surface area contributed by atoms with E-state index in [-0.39, 0.29) is 11.1 Å². The largest absolute Gasteiger partial charge is 0.310 e. The molecule has 1 aromatic carbocycles. The lowest BCUT2D eigenvalue weighted by molar-refractivity contribution is -0.573. The van der Waals surface area contributed by atoms with Crippen molar-refractivity contribution in [3.8, 4) is 0 Å². The van der Waals surface area contributed by atoms with E-state index in [1.807, 2.05) is 14.0 Å². The van der Waals surface area contributed by atoms with Crippen molar-refractivity contribution in [1.29, 1.82) is 0 Å². The van der Waals surface area contributed by atoms with Gasteiger partial charge in [-0.25, -0.2) is 5.21 Å². The molecule has 2 rings (SSSR count). The quantitative estimate of drug-likeness (QED) is 0.838. The zero-order valence-electron chi connectivity index (χ0n) is 14.2. The molecule has 114 valence electrons. The Labute approximate surface area is 128 Å². The zero-order valence-corrected chi connectivity index (χ0v) is 14.2. The van der Waals surface area contributed by atoms with Gasteiger partial charge in [-0.2, -0.15) is 0 Å². The van der Waals surface area contributed by atoms with Crippen LogP contribution < -0.4 is 0 Å². The van der Waals surface area contributed by atoms with Crippen LogP contribution in [0.4, 0.5) is 0 Å². The lowest BCUT2D eigenvalue weighted by atomic mass is 9.83. The maximum Gasteiger partial charge on any atom is 0.310 e. The van der Waals surface area contributed by atoms with Crippen molar-refractivity contribution in [2.75, 3.05) is 7.05 Å². The van der Waals surface area contributed by atoms with Crippen LogP contribution in [0, 0.1) is 0 Å². The summed E-state index contributed by atoms with van der Waals surface area (Å²) in [5, 5.41) is 12.1. The molecule has 1 aliphatic rings. The first-order valence-corrected chi connectivity index (χ1v) is 7.48. The van der Waals surface area contributed by atoms with Gasteiger partial charge in [-0.1, -0.05) is 18.2 Å². The second-order valence-electron chi connectivity index (χ2n) is 6.86. The van der Waals surface area contributed by atoms with Gasteiger partial charge in [0.1, 0.15) is 5.54 Å². The molecule has 0 fully saturated rings. The summed E-state index contributed by atoms with van der Waals surface area (Å²) in [6.07, 6.45) is 2.11. The summed E-state index contributed by atoms with van der Waals surface area (Å²) in [7, 11) is 2.04. The number of allylic oxidation sites excluding steroid dienone is 2. The first-order valence-electron chi connectivity index (χ1n) is 7.48. The number of rotatable bonds is 2. The monoisotopic (exact) mass is 287 g/mol. The summed E-state index contributed by atoms with van der Waals surface area (Å²) in [5.74, 6) is 0.856. The van der Waals surface area contributed by atoms with Gasteiger partial charge in [-0.15, -0.1) is 5.06 Å². The van der Waals surface area contributed by atoms with Gasteiger partial charge in [0.15, 0.2) is 5.54 Å². The highest BCUT2D eigenvalue weighted by Gasteiger charge is 2.59. The third-order valence-electron chi connectivity index (χ3n) is 5.42. The minimum Gasteiger partial charge on any atom is -0.252 e. The maximum atomic E-state index is 10.6. The summed E-state index contributed by atoms with van der Waals surface area (Å²) in [6, 6.07) is 8.37. The molecule has 1 heterocycles. The Bertz CT molecular complexity index is 607. The molecule has 3 heteroatoms. The van der Waals surface area contributed by atoms with Crippen molar-refractivity contribution in [3.05, 3.63) is 41.5 Å². The molecule has 1 N–H and O–H groups in total. The van der Waals surface area contributed by atoms with E-state index in [2.05, 4.69) is 69.5 Å². The van der Waals surface area contributed by atoms with E-state index in [1.165, 1.54) is 16.2 Å². The number of hydroxylamine groups is 2. The number of hydrogen-bond donors (Lipinski definition) is 1. The van der Waals surface area contributed by atoms with Gasteiger partial charge < -0.3 is 0 Å². The van der Waals surface area contributed by atoms with Crippen LogP contribution in [-0.4, -0.2) is 38.8 Å². The van der Waals surface area contributed by atoms with Gasteiger partial charge >= 0.3 is 5.84 Å². The molecule has 0 radical (unpaired) electrons. The van der Waals surface area contributed by atoms with E-state index in [0.29, 0.717) is 0 Å². The zero-order chi connectivity index (χ0) is 16.0. The predicted molar refractivity (Wildman–Crippen MR) is 87.8 cm³/mol. The smallest absolute Gasteiger partial charge is 0.252 e. The number of nitrogens with zero attached hydrogens (tertiary/aromatic N) is 2. The Morgan fingerprint density at radius 2 is 1.67 bits per heavy atom. The van der Waals surface area contributed by atoms with Crippen molar-refractivity contribution >= 4 is 11.4 Å². The molecule has 0 saturated heterocycles. The van der Waals surface area contributed by atoms with Gasteiger partial charge in [0.05, 0.1) is 12.6 Å². The van der Waals surface area contributed by atoms with Crippen molar-refractivity contribution < 1.29 is 9.78 Å². The topological polar surface area (TPSA) is 26.5 Å². The molecule has 0 spiro atoms. The third-order valence-corrected chi connectivity index (χ3v) is 5.42. The maximum absolute atomic E-state index is 10.6. The number of likely N-dealkylation sites (N-methyl/N-ethyl adjacent to an activating group) is 1. The molecule has 0 aliphatic carbocycles. The highest BCUT2D eigenvalue weighted by atomic mass is 16.5. The van der Waals surface area contributed by atoms with E-state index in [9.17, 15) is 5.21 Å². The summed E-state index contributed by atoms with van der Waals surface area (Å²) in [4.78, 5) is 0. The predicted octanol–water partition coefficient (Wildman–Crippen LogP) is 3.76. The fraction of sp³-hybridized carbons (Fsp3) is 0.500. The summed E-state index contributed by atoms with van der Waals surface area (Å²) < 4.78 is 2.16. The minimum absolute atomic E-state index is 0.158. The van der Waals surface area contributed by atoms with E-state index < -0.39 is 0 Å². The standard InChI is InChI=1S/C18H27N2O/c1-8-13(2)14-9-11-15(12-10-14)16-19(7)17(3,4)18(5,6)20(16)21/h8-12,21H,1-7H3/q+1/b13-8-. The first-order chi connectivity index (χ1) is 9.64. The van der Waals surface area contributed by atoms with Gasteiger partial charge in [-0.3, -0.25) is 4.58 Å². The Morgan fingerprint density at radius 3 is 2.05 bits per heavy atom. The van der Waals surface area contributed by atoms with E-state index in [4.69, 9.17) is 0 Å². The molecular formula is C18H27N2O+. The highest BCUT2D eigenvalue weighted by molar-refractivity contribution is 5.96. The Kier molecular flexibility index (Phi) is 3.75. The number of hydrogen-bond acceptors (Lipinski definition) is 2. The summed E-state index contributed by atoms with van der Waals surface area (Å²) >= 11 is 0. The second-order valence-corrected chi connectivity index (χ2v) is 6.86. The average Bonchev–Trinajstić information content (AvgIpc) is 2.57. The van der Waals surface area contributed by atoms with Gasteiger partial charge in [0, 0.05) is 0 Å². The molecule has 0 bridgehead atoms. The Hall–Kier alpha value is -1.61. The Morgan fingerprint density at radius 1 is 1.14 bits per heavy atom. The molecule has 21 heavy (non-hydrogen) atoms. The first kappa shape index (κ1) is 15.8.